The molecule has 0 saturated heterocycles. The van der Waals surface area contributed by atoms with Gasteiger partial charge in [-0.1, -0.05) is 29.4 Å². The highest BCUT2D eigenvalue weighted by Crippen LogP contribution is 2.38. The van der Waals surface area contributed by atoms with Crippen molar-refractivity contribution in [2.24, 2.45) is 0 Å². The van der Waals surface area contributed by atoms with Crippen molar-refractivity contribution in [3.63, 3.8) is 0 Å². The van der Waals surface area contributed by atoms with Crippen LogP contribution in [0.5, 0.6) is 5.75 Å². The van der Waals surface area contributed by atoms with Gasteiger partial charge in [0.1, 0.15) is 10.8 Å². The molecular formula is C26H29ClN4O4S2. The molecule has 4 rings (SSSR count). The molecule has 196 valence electrons. The number of hydrogen-bond donors (Lipinski definition) is 1. The van der Waals surface area contributed by atoms with Crippen LogP contribution in [0.3, 0.4) is 0 Å². The molecule has 3 aromatic rings. The maximum Gasteiger partial charge on any atom is 0.341 e. The Balaban J connectivity index is 1.46. The monoisotopic (exact) mass is 560 g/mol. The van der Waals surface area contributed by atoms with Crippen molar-refractivity contribution < 1.29 is 19.1 Å². The van der Waals surface area contributed by atoms with Crippen molar-refractivity contribution >= 4 is 51.6 Å². The first-order chi connectivity index (χ1) is 17.8. The van der Waals surface area contributed by atoms with Crippen LogP contribution in [0.25, 0.3) is 0 Å². The molecule has 0 radical (unpaired) electrons. The van der Waals surface area contributed by atoms with E-state index in [1.165, 1.54) is 30.2 Å². The topological polar surface area (TPSA) is 95.3 Å². The number of anilines is 1. The van der Waals surface area contributed by atoms with E-state index in [0.29, 0.717) is 38.9 Å². The Bertz CT molecular complexity index is 1320. The minimum absolute atomic E-state index is 0.101. The number of amides is 1. The number of halogens is 1. The number of esters is 1. The minimum atomic E-state index is -0.414. The van der Waals surface area contributed by atoms with Gasteiger partial charge in [-0.25, -0.2) is 4.79 Å². The Kier molecular flexibility index (Phi) is 8.94. The summed E-state index contributed by atoms with van der Waals surface area (Å²) in [4.78, 5) is 26.5. The van der Waals surface area contributed by atoms with Gasteiger partial charge in [0, 0.05) is 16.4 Å². The van der Waals surface area contributed by atoms with Crippen LogP contribution in [0.2, 0.25) is 5.02 Å². The van der Waals surface area contributed by atoms with E-state index in [-0.39, 0.29) is 11.7 Å². The average molecular weight is 561 g/mol. The zero-order valence-electron chi connectivity index (χ0n) is 21.0. The number of thioether (sulfide) groups is 1. The molecule has 1 atom stereocenters. The largest absolute Gasteiger partial charge is 0.482 e. The summed E-state index contributed by atoms with van der Waals surface area (Å²) in [5.41, 5.74) is 2.41. The standard InChI is InChI=1S/C26H29ClN4O4S2/c1-5-12-31-23(16(3)35-19-11-10-17(27)13-15(19)2)29-30-26(31)36-14-21(32)28-24-22(25(33)34-4)18-8-6-7-9-20(18)37-24/h5,10-11,13,16H,1,6-9,12,14H2,2-4H3,(H,28,32). The van der Waals surface area contributed by atoms with E-state index >= 15 is 0 Å². The van der Waals surface area contributed by atoms with E-state index in [4.69, 9.17) is 21.1 Å². The van der Waals surface area contributed by atoms with Gasteiger partial charge in [0.25, 0.3) is 0 Å². The number of methoxy groups -OCH3 is 1. The fourth-order valence-electron chi connectivity index (χ4n) is 4.26. The number of allylic oxidation sites excluding steroid dienone is 1. The second-order valence-electron chi connectivity index (χ2n) is 8.65. The van der Waals surface area contributed by atoms with Gasteiger partial charge in [0.15, 0.2) is 17.1 Å². The lowest BCUT2D eigenvalue weighted by Crippen LogP contribution is -2.17. The number of aromatic nitrogens is 3. The number of carbonyl (C=O) groups excluding carboxylic acids is 2. The second kappa shape index (κ2) is 12.1. The summed E-state index contributed by atoms with van der Waals surface area (Å²) < 4.78 is 13.0. The molecule has 1 aliphatic carbocycles. The molecular weight excluding hydrogens is 532 g/mol. The molecule has 2 heterocycles. The highest BCUT2D eigenvalue weighted by Gasteiger charge is 2.27. The summed E-state index contributed by atoms with van der Waals surface area (Å²) in [5.74, 6) is 0.784. The summed E-state index contributed by atoms with van der Waals surface area (Å²) in [5, 5.41) is 13.3. The van der Waals surface area contributed by atoms with Gasteiger partial charge in [0.05, 0.1) is 18.4 Å². The first kappa shape index (κ1) is 27.2. The van der Waals surface area contributed by atoms with Crippen molar-refractivity contribution in [2.45, 2.75) is 57.3 Å². The van der Waals surface area contributed by atoms with Crippen LogP contribution < -0.4 is 10.1 Å². The van der Waals surface area contributed by atoms with E-state index in [2.05, 4.69) is 22.1 Å². The molecule has 1 N–H and O–H groups in total. The fourth-order valence-corrected chi connectivity index (χ4v) is 6.54. The van der Waals surface area contributed by atoms with Crippen molar-refractivity contribution in [2.75, 3.05) is 18.2 Å². The molecule has 0 bridgehead atoms. The van der Waals surface area contributed by atoms with Crippen LogP contribution in [0.1, 0.15) is 58.1 Å². The van der Waals surface area contributed by atoms with Crippen molar-refractivity contribution in [3.05, 3.63) is 63.3 Å². The van der Waals surface area contributed by atoms with Gasteiger partial charge in [-0.15, -0.1) is 28.1 Å². The third-order valence-corrected chi connectivity index (χ3v) is 8.42. The van der Waals surface area contributed by atoms with E-state index in [1.54, 1.807) is 12.1 Å². The van der Waals surface area contributed by atoms with Gasteiger partial charge >= 0.3 is 5.97 Å². The molecule has 0 aliphatic heterocycles. The van der Waals surface area contributed by atoms with Crippen molar-refractivity contribution in [1.29, 1.82) is 0 Å². The van der Waals surface area contributed by atoms with Crippen LogP contribution in [0, 0.1) is 6.92 Å². The van der Waals surface area contributed by atoms with Gasteiger partial charge in [-0.05, 0) is 68.9 Å². The highest BCUT2D eigenvalue weighted by molar-refractivity contribution is 7.99. The number of aryl methyl sites for hydroxylation is 2. The van der Waals surface area contributed by atoms with Crippen molar-refractivity contribution in [1.82, 2.24) is 14.8 Å². The van der Waals surface area contributed by atoms with Gasteiger partial charge < -0.3 is 14.8 Å². The molecule has 0 fully saturated rings. The predicted octanol–water partition coefficient (Wildman–Crippen LogP) is 6.02. The summed E-state index contributed by atoms with van der Waals surface area (Å²) in [6.07, 6.45) is 5.20. The number of benzene rings is 1. The number of fused-ring (bicyclic) bond motifs is 1. The second-order valence-corrected chi connectivity index (χ2v) is 11.1. The lowest BCUT2D eigenvalue weighted by molar-refractivity contribution is -0.113. The quantitative estimate of drug-likeness (QED) is 0.184. The molecule has 1 amide bonds. The number of thiophene rings is 1. The third-order valence-electron chi connectivity index (χ3n) is 6.01. The van der Waals surface area contributed by atoms with Gasteiger partial charge in [-0.3, -0.25) is 9.36 Å². The van der Waals surface area contributed by atoms with E-state index in [9.17, 15) is 9.59 Å². The third kappa shape index (κ3) is 6.19. The van der Waals surface area contributed by atoms with Crippen LogP contribution in [0.4, 0.5) is 5.00 Å². The lowest BCUT2D eigenvalue weighted by Gasteiger charge is -2.17. The zero-order chi connectivity index (χ0) is 26.5. The van der Waals surface area contributed by atoms with Crippen LogP contribution in [-0.2, 0) is 28.9 Å². The smallest absolute Gasteiger partial charge is 0.341 e. The molecule has 0 saturated carbocycles. The number of hydrogen-bond acceptors (Lipinski definition) is 8. The Hall–Kier alpha value is -2.82. The average Bonchev–Trinajstić information content (AvgIpc) is 3.45. The summed E-state index contributed by atoms with van der Waals surface area (Å²) >= 11 is 8.79. The summed E-state index contributed by atoms with van der Waals surface area (Å²) in [6, 6.07) is 5.45. The molecule has 11 heteroatoms. The Labute approximate surface area is 229 Å². The Morgan fingerprint density at radius 1 is 1.32 bits per heavy atom. The Morgan fingerprint density at radius 2 is 2.11 bits per heavy atom. The van der Waals surface area contributed by atoms with Crippen molar-refractivity contribution in [3.8, 4) is 5.75 Å². The number of carbonyl (C=O) groups is 2. The molecule has 1 unspecified atom stereocenters. The maximum absolute atomic E-state index is 12.9. The highest BCUT2D eigenvalue weighted by atomic mass is 35.5. The van der Waals surface area contributed by atoms with Crippen LogP contribution >= 0.6 is 34.7 Å². The van der Waals surface area contributed by atoms with Crippen LogP contribution in [-0.4, -0.2) is 39.5 Å². The fraction of sp³-hybridized carbons (Fsp3) is 0.385. The normalized spacial score (nSPS) is 13.5. The van der Waals surface area contributed by atoms with Gasteiger partial charge in [-0.2, -0.15) is 0 Å². The molecule has 2 aromatic heterocycles. The lowest BCUT2D eigenvalue weighted by atomic mass is 9.95. The predicted molar refractivity (Wildman–Crippen MR) is 147 cm³/mol. The number of rotatable bonds is 10. The first-order valence-electron chi connectivity index (χ1n) is 11.9. The molecule has 1 aliphatic rings. The maximum atomic E-state index is 12.9. The minimum Gasteiger partial charge on any atom is -0.482 e. The molecule has 0 spiro atoms. The molecule has 37 heavy (non-hydrogen) atoms. The summed E-state index contributed by atoms with van der Waals surface area (Å²) in [7, 11) is 1.36. The van der Waals surface area contributed by atoms with Gasteiger partial charge in [0.2, 0.25) is 5.91 Å². The first-order valence-corrected chi connectivity index (χ1v) is 14.1. The Morgan fingerprint density at radius 3 is 2.84 bits per heavy atom. The summed E-state index contributed by atoms with van der Waals surface area (Å²) in [6.45, 7) is 8.12. The zero-order valence-corrected chi connectivity index (χ0v) is 23.4. The van der Waals surface area contributed by atoms with E-state index in [0.717, 1.165) is 41.7 Å². The SMILES string of the molecule is C=CCn1c(SCC(=O)Nc2sc3c(c2C(=O)OC)CCCC3)nnc1C(C)Oc1ccc(Cl)cc1C. The number of nitrogens with zero attached hydrogens (tertiary/aromatic N) is 3. The molecule has 8 nitrogen and oxygen atoms in total. The number of nitrogens with one attached hydrogen (secondary N) is 1. The molecule has 1 aromatic carbocycles. The van der Waals surface area contributed by atoms with E-state index in [1.807, 2.05) is 30.5 Å². The van der Waals surface area contributed by atoms with Crippen LogP contribution in [0.15, 0.2) is 36.0 Å². The number of ether oxygens (including phenoxy) is 2. The van der Waals surface area contributed by atoms with E-state index < -0.39 is 12.1 Å².